The highest BCUT2D eigenvalue weighted by molar-refractivity contribution is 5.46. The molecular weight excluding hydrogens is 274 g/mol. The quantitative estimate of drug-likeness (QED) is 0.900. The van der Waals surface area contributed by atoms with Crippen LogP contribution in [0.5, 0.6) is 0 Å². The van der Waals surface area contributed by atoms with Crippen molar-refractivity contribution in [2.45, 2.75) is 31.8 Å². The fourth-order valence-corrected chi connectivity index (χ4v) is 3.54. The maximum absolute atomic E-state index is 5.55. The molecule has 22 heavy (non-hydrogen) atoms. The van der Waals surface area contributed by atoms with E-state index >= 15 is 0 Å². The van der Waals surface area contributed by atoms with Crippen molar-refractivity contribution in [3.05, 3.63) is 30.3 Å². The predicted molar refractivity (Wildman–Crippen MR) is 91.5 cm³/mol. The van der Waals surface area contributed by atoms with Crippen LogP contribution in [0.3, 0.4) is 0 Å². The molecule has 0 amide bonds. The number of nitrogens with one attached hydrogen (secondary N) is 1. The van der Waals surface area contributed by atoms with E-state index < -0.39 is 0 Å². The van der Waals surface area contributed by atoms with E-state index in [0.29, 0.717) is 12.1 Å². The Balaban J connectivity index is 1.39. The Morgan fingerprint density at radius 3 is 2.64 bits per heavy atom. The van der Waals surface area contributed by atoms with Crippen LogP contribution in [0.25, 0.3) is 0 Å². The van der Waals surface area contributed by atoms with Crippen molar-refractivity contribution >= 4 is 5.69 Å². The summed E-state index contributed by atoms with van der Waals surface area (Å²) in [5.41, 5.74) is 1.35. The standard InChI is InChI=1S/C18H29N3O/c1-16(19-17-6-5-13-22-15-17)14-20-9-11-21(12-10-20)18-7-3-2-4-8-18/h2-4,7-8,16-17,19H,5-6,9-15H2,1H3/t16-,17-/m1/s1. The molecule has 1 aromatic rings. The van der Waals surface area contributed by atoms with Crippen molar-refractivity contribution in [3.63, 3.8) is 0 Å². The van der Waals surface area contributed by atoms with Crippen molar-refractivity contribution < 1.29 is 4.74 Å². The molecule has 4 heteroatoms. The summed E-state index contributed by atoms with van der Waals surface area (Å²) in [5.74, 6) is 0. The van der Waals surface area contributed by atoms with Gasteiger partial charge in [0.15, 0.2) is 0 Å². The van der Waals surface area contributed by atoms with Gasteiger partial charge < -0.3 is 15.0 Å². The molecule has 122 valence electrons. The predicted octanol–water partition coefficient (Wildman–Crippen LogP) is 1.97. The molecule has 0 bridgehead atoms. The second-order valence-corrected chi connectivity index (χ2v) is 6.60. The molecule has 0 spiro atoms. The molecule has 0 unspecified atom stereocenters. The highest BCUT2D eigenvalue weighted by atomic mass is 16.5. The molecule has 2 fully saturated rings. The summed E-state index contributed by atoms with van der Waals surface area (Å²) < 4.78 is 5.55. The average Bonchev–Trinajstić information content (AvgIpc) is 2.57. The van der Waals surface area contributed by atoms with E-state index in [4.69, 9.17) is 4.74 Å². The summed E-state index contributed by atoms with van der Waals surface area (Å²) in [6.07, 6.45) is 2.45. The first-order valence-electron chi connectivity index (χ1n) is 8.67. The third-order valence-corrected chi connectivity index (χ3v) is 4.71. The van der Waals surface area contributed by atoms with Gasteiger partial charge >= 0.3 is 0 Å². The van der Waals surface area contributed by atoms with Gasteiger partial charge in [0.05, 0.1) is 6.61 Å². The van der Waals surface area contributed by atoms with Crippen LogP contribution in [0.2, 0.25) is 0 Å². The van der Waals surface area contributed by atoms with Gasteiger partial charge in [-0.3, -0.25) is 4.90 Å². The zero-order valence-corrected chi connectivity index (χ0v) is 13.7. The Bertz CT molecular complexity index is 425. The van der Waals surface area contributed by atoms with Crippen molar-refractivity contribution in [2.24, 2.45) is 0 Å². The minimum atomic E-state index is 0.537. The summed E-state index contributed by atoms with van der Waals surface area (Å²) in [5, 5.41) is 3.73. The van der Waals surface area contributed by atoms with Crippen LogP contribution in [-0.2, 0) is 4.74 Å². The molecule has 0 saturated carbocycles. The molecule has 1 N–H and O–H groups in total. The van der Waals surface area contributed by atoms with Gasteiger partial charge in [-0.2, -0.15) is 0 Å². The highest BCUT2D eigenvalue weighted by Crippen LogP contribution is 2.15. The van der Waals surface area contributed by atoms with E-state index in [1.54, 1.807) is 0 Å². The molecule has 0 aliphatic carbocycles. The Labute approximate surface area is 134 Å². The van der Waals surface area contributed by atoms with E-state index in [1.807, 2.05) is 0 Å². The summed E-state index contributed by atoms with van der Waals surface area (Å²) in [7, 11) is 0. The number of para-hydroxylation sites is 1. The second-order valence-electron chi connectivity index (χ2n) is 6.60. The Morgan fingerprint density at radius 1 is 1.18 bits per heavy atom. The van der Waals surface area contributed by atoms with E-state index in [-0.39, 0.29) is 0 Å². The number of piperazine rings is 1. The number of ether oxygens (including phenoxy) is 1. The van der Waals surface area contributed by atoms with E-state index in [2.05, 4.69) is 52.4 Å². The summed E-state index contributed by atoms with van der Waals surface area (Å²) in [6.45, 7) is 9.83. The molecule has 2 saturated heterocycles. The van der Waals surface area contributed by atoms with Gasteiger partial charge in [0.1, 0.15) is 0 Å². The Hall–Kier alpha value is -1.10. The first kappa shape index (κ1) is 15.8. The summed E-state index contributed by atoms with van der Waals surface area (Å²) >= 11 is 0. The molecule has 1 aromatic carbocycles. The summed E-state index contributed by atoms with van der Waals surface area (Å²) in [4.78, 5) is 5.07. The second kappa shape index (κ2) is 7.95. The van der Waals surface area contributed by atoms with Crippen LogP contribution in [-0.4, -0.2) is 62.9 Å². The SMILES string of the molecule is C[C@H](CN1CCN(c2ccccc2)CC1)N[C@@H]1CCCOC1. The van der Waals surface area contributed by atoms with Gasteiger partial charge in [-0.15, -0.1) is 0 Å². The first-order valence-corrected chi connectivity index (χ1v) is 8.67. The Morgan fingerprint density at radius 2 is 1.95 bits per heavy atom. The minimum absolute atomic E-state index is 0.537. The van der Waals surface area contributed by atoms with Crippen LogP contribution >= 0.6 is 0 Å². The molecule has 0 radical (unpaired) electrons. The van der Waals surface area contributed by atoms with Crippen LogP contribution in [0.4, 0.5) is 5.69 Å². The number of hydrogen-bond donors (Lipinski definition) is 1. The molecule has 2 aliphatic heterocycles. The Kier molecular flexibility index (Phi) is 5.70. The topological polar surface area (TPSA) is 27.7 Å². The van der Waals surface area contributed by atoms with Gasteiger partial charge in [-0.05, 0) is 31.9 Å². The van der Waals surface area contributed by atoms with Crippen molar-refractivity contribution in [3.8, 4) is 0 Å². The fourth-order valence-electron chi connectivity index (χ4n) is 3.54. The van der Waals surface area contributed by atoms with Crippen molar-refractivity contribution in [2.75, 3.05) is 50.8 Å². The number of rotatable bonds is 5. The minimum Gasteiger partial charge on any atom is -0.380 e. The van der Waals surface area contributed by atoms with Crippen LogP contribution in [0.1, 0.15) is 19.8 Å². The molecule has 2 aliphatic rings. The number of nitrogens with zero attached hydrogens (tertiary/aromatic N) is 2. The van der Waals surface area contributed by atoms with Crippen molar-refractivity contribution in [1.29, 1.82) is 0 Å². The number of benzene rings is 1. The lowest BCUT2D eigenvalue weighted by Gasteiger charge is -2.38. The molecule has 3 rings (SSSR count). The van der Waals surface area contributed by atoms with Gasteiger partial charge in [0.25, 0.3) is 0 Å². The maximum Gasteiger partial charge on any atom is 0.0619 e. The third kappa shape index (κ3) is 4.45. The van der Waals surface area contributed by atoms with Crippen LogP contribution in [0.15, 0.2) is 30.3 Å². The lowest BCUT2D eigenvalue weighted by Crippen LogP contribution is -2.52. The largest absolute Gasteiger partial charge is 0.380 e. The van der Waals surface area contributed by atoms with Gasteiger partial charge in [-0.1, -0.05) is 18.2 Å². The maximum atomic E-state index is 5.55. The molecule has 2 heterocycles. The van der Waals surface area contributed by atoms with E-state index in [0.717, 1.165) is 45.9 Å². The molecule has 0 aromatic heterocycles. The lowest BCUT2D eigenvalue weighted by atomic mass is 10.1. The normalized spacial score (nSPS) is 25.1. The summed E-state index contributed by atoms with van der Waals surface area (Å²) in [6, 6.07) is 11.8. The average molecular weight is 303 g/mol. The molecule has 4 nitrogen and oxygen atoms in total. The smallest absolute Gasteiger partial charge is 0.0619 e. The van der Waals surface area contributed by atoms with Gasteiger partial charge in [0.2, 0.25) is 0 Å². The van der Waals surface area contributed by atoms with E-state index in [1.165, 1.54) is 18.5 Å². The third-order valence-electron chi connectivity index (χ3n) is 4.71. The van der Waals surface area contributed by atoms with Gasteiger partial charge in [0, 0.05) is 57.1 Å². The molecule has 2 atom stereocenters. The number of anilines is 1. The monoisotopic (exact) mass is 303 g/mol. The highest BCUT2D eigenvalue weighted by Gasteiger charge is 2.21. The zero-order chi connectivity index (χ0) is 15.2. The van der Waals surface area contributed by atoms with Crippen LogP contribution in [0, 0.1) is 0 Å². The molecular formula is C18H29N3O. The zero-order valence-electron chi connectivity index (χ0n) is 13.7. The van der Waals surface area contributed by atoms with E-state index in [9.17, 15) is 0 Å². The van der Waals surface area contributed by atoms with Crippen LogP contribution < -0.4 is 10.2 Å². The van der Waals surface area contributed by atoms with Crippen molar-refractivity contribution in [1.82, 2.24) is 10.2 Å². The number of hydrogen-bond acceptors (Lipinski definition) is 4. The fraction of sp³-hybridized carbons (Fsp3) is 0.667. The van der Waals surface area contributed by atoms with Gasteiger partial charge in [-0.25, -0.2) is 0 Å². The first-order chi connectivity index (χ1) is 10.8. The lowest BCUT2D eigenvalue weighted by molar-refractivity contribution is 0.0647.